The Balaban J connectivity index is 1.54. The van der Waals surface area contributed by atoms with Crippen LogP contribution in [0.15, 0.2) is 24.3 Å². The molecule has 2 saturated heterocycles. The van der Waals surface area contributed by atoms with E-state index in [0.29, 0.717) is 32.0 Å². The summed E-state index contributed by atoms with van der Waals surface area (Å²) in [5.41, 5.74) is 0.575. The maximum absolute atomic E-state index is 13.0. The second-order valence-electron chi connectivity index (χ2n) is 6.93. The molecule has 0 aromatic heterocycles. The monoisotopic (exact) mass is 363 g/mol. The van der Waals surface area contributed by atoms with Crippen molar-refractivity contribution in [2.24, 2.45) is 0 Å². The van der Waals surface area contributed by atoms with Crippen molar-refractivity contribution in [2.45, 2.75) is 44.7 Å². The minimum atomic E-state index is -0.332. The summed E-state index contributed by atoms with van der Waals surface area (Å²) in [6.07, 6.45) is 3.30. The number of halogens is 1. The first kappa shape index (κ1) is 18.6. The summed E-state index contributed by atoms with van der Waals surface area (Å²) in [4.78, 5) is 28.3. The maximum atomic E-state index is 13.0. The molecular formula is C19H26FN3O3. The van der Waals surface area contributed by atoms with Crippen LogP contribution < -0.4 is 5.32 Å². The highest BCUT2D eigenvalue weighted by Gasteiger charge is 2.33. The van der Waals surface area contributed by atoms with Gasteiger partial charge in [0.25, 0.3) is 0 Å². The Bertz CT molecular complexity index is 623. The van der Waals surface area contributed by atoms with Gasteiger partial charge in [0.05, 0.1) is 0 Å². The quantitative estimate of drug-likeness (QED) is 0.898. The fraction of sp³-hybridized carbons (Fsp3) is 0.579. The number of benzene rings is 1. The fourth-order valence-corrected chi connectivity index (χ4v) is 3.86. The Morgan fingerprint density at radius 3 is 2.23 bits per heavy atom. The van der Waals surface area contributed by atoms with E-state index in [1.807, 2.05) is 4.90 Å². The smallest absolute Gasteiger partial charge is 0.321 e. The van der Waals surface area contributed by atoms with Gasteiger partial charge in [0.2, 0.25) is 5.91 Å². The number of anilines is 1. The van der Waals surface area contributed by atoms with Crippen LogP contribution in [-0.4, -0.2) is 60.1 Å². The molecular weight excluding hydrogens is 337 g/mol. The second-order valence-corrected chi connectivity index (χ2v) is 6.93. The van der Waals surface area contributed by atoms with Crippen molar-refractivity contribution in [3.63, 3.8) is 0 Å². The summed E-state index contributed by atoms with van der Waals surface area (Å²) >= 11 is 0. The topological polar surface area (TPSA) is 61.9 Å². The van der Waals surface area contributed by atoms with Gasteiger partial charge in [-0.1, -0.05) is 0 Å². The second kappa shape index (κ2) is 8.49. The van der Waals surface area contributed by atoms with E-state index in [2.05, 4.69) is 5.32 Å². The maximum Gasteiger partial charge on any atom is 0.321 e. The molecule has 3 rings (SSSR count). The number of amides is 3. The summed E-state index contributed by atoms with van der Waals surface area (Å²) in [5.74, 6) is -0.229. The van der Waals surface area contributed by atoms with Gasteiger partial charge >= 0.3 is 6.03 Å². The lowest BCUT2D eigenvalue weighted by atomic mass is 9.98. The average molecular weight is 363 g/mol. The minimum absolute atomic E-state index is 0.103. The number of urea groups is 1. The first-order valence-electron chi connectivity index (χ1n) is 9.23. The lowest BCUT2D eigenvalue weighted by Crippen LogP contribution is -2.53. The molecule has 2 aliphatic heterocycles. The number of nitrogens with one attached hydrogen (secondary N) is 1. The number of carbonyl (C=O) groups is 2. The molecule has 7 heteroatoms. The Labute approximate surface area is 153 Å². The summed E-state index contributed by atoms with van der Waals surface area (Å²) in [6.45, 7) is 4.24. The summed E-state index contributed by atoms with van der Waals surface area (Å²) in [6, 6.07) is 5.96. The van der Waals surface area contributed by atoms with Crippen LogP contribution in [0.25, 0.3) is 0 Å². The molecule has 0 unspecified atom stereocenters. The first-order valence-corrected chi connectivity index (χ1v) is 9.23. The van der Waals surface area contributed by atoms with Gasteiger partial charge < -0.3 is 19.9 Å². The van der Waals surface area contributed by atoms with E-state index in [4.69, 9.17) is 4.74 Å². The van der Waals surface area contributed by atoms with Crippen molar-refractivity contribution in [2.75, 3.05) is 31.6 Å². The van der Waals surface area contributed by atoms with Crippen molar-refractivity contribution in [1.82, 2.24) is 9.80 Å². The van der Waals surface area contributed by atoms with Crippen LogP contribution in [0, 0.1) is 5.82 Å². The highest BCUT2D eigenvalue weighted by Crippen LogP contribution is 2.24. The molecule has 2 heterocycles. The van der Waals surface area contributed by atoms with Gasteiger partial charge in [-0.25, -0.2) is 9.18 Å². The van der Waals surface area contributed by atoms with Gasteiger partial charge in [0.15, 0.2) is 0 Å². The van der Waals surface area contributed by atoms with E-state index in [-0.39, 0.29) is 29.8 Å². The molecule has 0 radical (unpaired) electrons. The van der Waals surface area contributed by atoms with E-state index in [0.717, 1.165) is 25.7 Å². The van der Waals surface area contributed by atoms with Crippen LogP contribution in [0.3, 0.4) is 0 Å². The number of nitrogens with zero attached hydrogens (tertiary/aromatic N) is 2. The first-order chi connectivity index (χ1) is 12.5. The molecule has 1 aromatic carbocycles. The number of likely N-dealkylation sites (tertiary alicyclic amines) is 1. The van der Waals surface area contributed by atoms with Gasteiger partial charge in [-0.2, -0.15) is 0 Å². The lowest BCUT2D eigenvalue weighted by molar-refractivity contribution is -0.137. The van der Waals surface area contributed by atoms with Crippen LogP contribution in [0.4, 0.5) is 14.9 Å². The van der Waals surface area contributed by atoms with Crippen molar-refractivity contribution in [1.29, 1.82) is 0 Å². The van der Waals surface area contributed by atoms with Gasteiger partial charge in [-0.15, -0.1) is 0 Å². The molecule has 0 atom stereocenters. The normalized spacial score (nSPS) is 19.2. The lowest BCUT2D eigenvalue weighted by Gasteiger charge is -2.43. The van der Waals surface area contributed by atoms with Crippen LogP contribution in [0.1, 0.15) is 32.6 Å². The Morgan fingerprint density at radius 1 is 1.08 bits per heavy atom. The highest BCUT2D eigenvalue weighted by atomic mass is 19.1. The molecule has 0 bridgehead atoms. The van der Waals surface area contributed by atoms with Gasteiger partial charge in [-0.05, 0) is 49.9 Å². The zero-order valence-corrected chi connectivity index (χ0v) is 15.1. The number of ether oxygens (including phenoxy) is 1. The van der Waals surface area contributed by atoms with Crippen LogP contribution in [0.5, 0.6) is 0 Å². The van der Waals surface area contributed by atoms with Crippen molar-refractivity contribution in [3.05, 3.63) is 30.1 Å². The predicted octanol–water partition coefficient (Wildman–Crippen LogP) is 2.85. The third-order valence-electron chi connectivity index (χ3n) is 5.19. The largest absolute Gasteiger partial charge is 0.381 e. The van der Waals surface area contributed by atoms with E-state index in [1.165, 1.54) is 12.1 Å². The summed E-state index contributed by atoms with van der Waals surface area (Å²) in [7, 11) is 0. The van der Waals surface area contributed by atoms with Gasteiger partial charge in [0, 0.05) is 51.0 Å². The predicted molar refractivity (Wildman–Crippen MR) is 96.4 cm³/mol. The molecule has 0 spiro atoms. The molecule has 3 amide bonds. The van der Waals surface area contributed by atoms with Gasteiger partial charge in [-0.3, -0.25) is 4.79 Å². The molecule has 0 aliphatic carbocycles. The zero-order valence-electron chi connectivity index (χ0n) is 15.1. The highest BCUT2D eigenvalue weighted by molar-refractivity contribution is 5.89. The van der Waals surface area contributed by atoms with Crippen LogP contribution >= 0.6 is 0 Å². The molecule has 0 saturated carbocycles. The molecule has 26 heavy (non-hydrogen) atoms. The van der Waals surface area contributed by atoms with Gasteiger partial charge in [0.1, 0.15) is 5.82 Å². The Hall–Kier alpha value is -2.15. The Morgan fingerprint density at radius 2 is 1.65 bits per heavy atom. The van der Waals surface area contributed by atoms with Crippen LogP contribution in [-0.2, 0) is 9.53 Å². The third kappa shape index (κ3) is 4.52. The molecule has 1 aromatic rings. The van der Waals surface area contributed by atoms with Crippen LogP contribution in [0.2, 0.25) is 0 Å². The number of piperidine rings is 1. The fourth-order valence-electron chi connectivity index (χ4n) is 3.86. The standard InChI is InChI=1S/C19H26FN3O3/c1-14(24)23(18-8-12-26-13-9-18)17-6-10-22(11-7-17)19(25)21-16-4-2-15(20)3-5-16/h2-5,17-18H,6-13H2,1H3,(H,21,25). The number of hydrogen-bond acceptors (Lipinski definition) is 3. The molecule has 142 valence electrons. The van der Waals surface area contributed by atoms with E-state index >= 15 is 0 Å². The average Bonchev–Trinajstić information content (AvgIpc) is 2.65. The van der Waals surface area contributed by atoms with Crippen molar-refractivity contribution < 1.29 is 18.7 Å². The van der Waals surface area contributed by atoms with E-state index in [9.17, 15) is 14.0 Å². The SMILES string of the molecule is CC(=O)N(C1CCOCC1)C1CCN(C(=O)Nc2ccc(F)cc2)CC1. The number of hydrogen-bond donors (Lipinski definition) is 1. The molecule has 6 nitrogen and oxygen atoms in total. The zero-order chi connectivity index (χ0) is 18.5. The summed E-state index contributed by atoms with van der Waals surface area (Å²) in [5, 5.41) is 2.79. The minimum Gasteiger partial charge on any atom is -0.381 e. The van der Waals surface area contributed by atoms with E-state index in [1.54, 1.807) is 24.0 Å². The molecule has 2 aliphatic rings. The number of carbonyl (C=O) groups excluding carboxylic acids is 2. The number of rotatable bonds is 3. The van der Waals surface area contributed by atoms with Crippen molar-refractivity contribution >= 4 is 17.6 Å². The Kier molecular flexibility index (Phi) is 6.08. The summed E-state index contributed by atoms with van der Waals surface area (Å²) < 4.78 is 18.4. The molecule has 2 fully saturated rings. The van der Waals surface area contributed by atoms with Crippen molar-refractivity contribution in [3.8, 4) is 0 Å². The third-order valence-corrected chi connectivity index (χ3v) is 5.19. The molecule has 1 N–H and O–H groups in total. The van der Waals surface area contributed by atoms with E-state index < -0.39 is 0 Å².